The van der Waals surface area contributed by atoms with E-state index in [1.54, 1.807) is 19.1 Å². The number of benzene rings is 2. The molecule has 0 aliphatic carbocycles. The minimum Gasteiger partial charge on any atom is -0.486 e. The van der Waals surface area contributed by atoms with Crippen molar-refractivity contribution in [3.8, 4) is 11.5 Å². The molecule has 2 aromatic carbocycles. The van der Waals surface area contributed by atoms with Gasteiger partial charge in [-0.25, -0.2) is 12.8 Å². The number of halogens is 2. The SMILES string of the molecule is CCN(CC1COc2ccccc2O1)S(=O)(=O)c1ccc(F)c(Cl)c1. The zero-order valence-corrected chi connectivity index (χ0v) is 15.1. The molecular formula is C17H17ClFNO4S. The van der Waals surface area contributed by atoms with Gasteiger partial charge >= 0.3 is 0 Å². The van der Waals surface area contributed by atoms with E-state index in [0.717, 1.165) is 12.1 Å². The Morgan fingerprint density at radius 2 is 1.96 bits per heavy atom. The molecule has 8 heteroatoms. The van der Waals surface area contributed by atoms with Crippen molar-refractivity contribution in [2.24, 2.45) is 0 Å². The number of likely N-dealkylation sites (N-methyl/N-ethyl adjacent to an activating group) is 1. The van der Waals surface area contributed by atoms with E-state index in [0.29, 0.717) is 11.5 Å². The van der Waals surface area contributed by atoms with Crippen molar-refractivity contribution in [1.82, 2.24) is 4.31 Å². The van der Waals surface area contributed by atoms with E-state index in [9.17, 15) is 12.8 Å². The summed E-state index contributed by atoms with van der Waals surface area (Å²) in [5.74, 6) is 0.552. The highest BCUT2D eigenvalue weighted by Crippen LogP contribution is 2.31. The third-order valence-corrected chi connectivity index (χ3v) is 6.08. The molecule has 1 heterocycles. The van der Waals surface area contributed by atoms with Gasteiger partial charge in [0.1, 0.15) is 18.5 Å². The van der Waals surface area contributed by atoms with Crippen LogP contribution in [0.15, 0.2) is 47.4 Å². The first-order valence-electron chi connectivity index (χ1n) is 7.75. The Balaban J connectivity index is 1.79. The van der Waals surface area contributed by atoms with Crippen LogP contribution in [-0.2, 0) is 10.0 Å². The molecule has 1 atom stereocenters. The average molecular weight is 386 g/mol. The molecule has 0 N–H and O–H groups in total. The van der Waals surface area contributed by atoms with E-state index in [-0.39, 0.29) is 29.6 Å². The molecule has 0 spiro atoms. The summed E-state index contributed by atoms with van der Waals surface area (Å²) in [6.07, 6.45) is -0.444. The molecule has 1 unspecified atom stereocenters. The van der Waals surface area contributed by atoms with Crippen molar-refractivity contribution >= 4 is 21.6 Å². The molecule has 0 aromatic heterocycles. The topological polar surface area (TPSA) is 55.8 Å². The molecule has 0 saturated carbocycles. The second-order valence-electron chi connectivity index (χ2n) is 5.53. The minimum absolute atomic E-state index is 0.0575. The molecule has 134 valence electrons. The molecular weight excluding hydrogens is 369 g/mol. The van der Waals surface area contributed by atoms with Gasteiger partial charge in [0.15, 0.2) is 11.5 Å². The number of hydrogen-bond acceptors (Lipinski definition) is 4. The van der Waals surface area contributed by atoms with E-state index in [1.165, 1.54) is 10.4 Å². The summed E-state index contributed by atoms with van der Waals surface area (Å²) >= 11 is 5.71. The predicted octanol–water partition coefficient (Wildman–Crippen LogP) is 3.33. The van der Waals surface area contributed by atoms with Crippen LogP contribution >= 0.6 is 11.6 Å². The number of ether oxygens (including phenoxy) is 2. The summed E-state index contributed by atoms with van der Waals surface area (Å²) < 4.78 is 51.6. The van der Waals surface area contributed by atoms with Gasteiger partial charge in [-0.3, -0.25) is 0 Å². The molecule has 3 rings (SSSR count). The Morgan fingerprint density at radius 3 is 2.64 bits per heavy atom. The summed E-state index contributed by atoms with van der Waals surface area (Å²) in [5.41, 5.74) is 0. The van der Waals surface area contributed by atoms with E-state index in [2.05, 4.69) is 0 Å². The molecule has 25 heavy (non-hydrogen) atoms. The van der Waals surface area contributed by atoms with Crippen molar-refractivity contribution in [3.05, 3.63) is 53.3 Å². The van der Waals surface area contributed by atoms with Crippen LogP contribution < -0.4 is 9.47 Å². The third-order valence-electron chi connectivity index (χ3n) is 3.86. The summed E-state index contributed by atoms with van der Waals surface area (Å²) in [6, 6.07) is 10.6. The van der Waals surface area contributed by atoms with Crippen LogP contribution in [-0.4, -0.2) is 38.5 Å². The molecule has 0 amide bonds. The molecule has 0 radical (unpaired) electrons. The smallest absolute Gasteiger partial charge is 0.243 e. The second-order valence-corrected chi connectivity index (χ2v) is 7.87. The van der Waals surface area contributed by atoms with Crippen LogP contribution in [0, 0.1) is 5.82 Å². The Labute approximate surface area is 151 Å². The molecule has 0 fully saturated rings. The van der Waals surface area contributed by atoms with Gasteiger partial charge in [0.25, 0.3) is 0 Å². The zero-order chi connectivity index (χ0) is 18.0. The van der Waals surface area contributed by atoms with E-state index in [4.69, 9.17) is 21.1 Å². The maximum atomic E-state index is 13.3. The van der Waals surface area contributed by atoms with Gasteiger partial charge in [-0.05, 0) is 30.3 Å². The van der Waals surface area contributed by atoms with Gasteiger partial charge in [-0.1, -0.05) is 30.7 Å². The number of hydrogen-bond donors (Lipinski definition) is 0. The minimum atomic E-state index is -3.82. The highest BCUT2D eigenvalue weighted by atomic mass is 35.5. The Bertz CT molecular complexity index is 875. The maximum absolute atomic E-state index is 13.3. The fraction of sp³-hybridized carbons (Fsp3) is 0.294. The van der Waals surface area contributed by atoms with Gasteiger partial charge in [-0.2, -0.15) is 4.31 Å². The van der Waals surface area contributed by atoms with E-state index >= 15 is 0 Å². The van der Waals surface area contributed by atoms with Crippen LogP contribution in [0.2, 0.25) is 5.02 Å². The molecule has 1 aliphatic rings. The van der Waals surface area contributed by atoms with Crippen LogP contribution in [0.5, 0.6) is 11.5 Å². The van der Waals surface area contributed by atoms with Crippen LogP contribution in [0.3, 0.4) is 0 Å². The van der Waals surface area contributed by atoms with Gasteiger partial charge in [-0.15, -0.1) is 0 Å². The number of para-hydroxylation sites is 2. The number of fused-ring (bicyclic) bond motifs is 1. The van der Waals surface area contributed by atoms with Gasteiger partial charge in [0, 0.05) is 6.54 Å². The maximum Gasteiger partial charge on any atom is 0.243 e. The van der Waals surface area contributed by atoms with Gasteiger partial charge in [0.05, 0.1) is 16.5 Å². The normalized spacial score (nSPS) is 16.9. The van der Waals surface area contributed by atoms with Crippen LogP contribution in [0.4, 0.5) is 4.39 Å². The third kappa shape index (κ3) is 3.73. The Morgan fingerprint density at radius 1 is 1.24 bits per heavy atom. The number of nitrogens with zero attached hydrogens (tertiary/aromatic N) is 1. The van der Waals surface area contributed by atoms with Crippen LogP contribution in [0.1, 0.15) is 6.92 Å². The first-order valence-corrected chi connectivity index (χ1v) is 9.57. The summed E-state index contributed by atoms with van der Waals surface area (Å²) in [5, 5.41) is -0.233. The fourth-order valence-corrected chi connectivity index (χ4v) is 4.32. The lowest BCUT2D eigenvalue weighted by Gasteiger charge is -2.30. The standard InChI is InChI=1S/C17H17ClFNO4S/c1-2-20(25(21,22)13-7-8-15(19)14(18)9-13)10-12-11-23-16-5-3-4-6-17(16)24-12/h3-9,12H,2,10-11H2,1H3. The highest BCUT2D eigenvalue weighted by molar-refractivity contribution is 7.89. The van der Waals surface area contributed by atoms with Gasteiger partial charge in [0.2, 0.25) is 10.0 Å². The first kappa shape index (κ1) is 18.0. The largest absolute Gasteiger partial charge is 0.486 e. The van der Waals surface area contributed by atoms with E-state index < -0.39 is 21.9 Å². The molecule has 0 bridgehead atoms. The predicted molar refractivity (Wildman–Crippen MR) is 92.2 cm³/mol. The van der Waals surface area contributed by atoms with E-state index in [1.807, 2.05) is 12.1 Å². The summed E-state index contributed by atoms with van der Waals surface area (Å²) in [6.45, 7) is 2.31. The highest BCUT2D eigenvalue weighted by Gasteiger charge is 2.30. The quantitative estimate of drug-likeness (QED) is 0.792. The Kier molecular flexibility index (Phi) is 5.17. The van der Waals surface area contributed by atoms with Crippen molar-refractivity contribution in [2.75, 3.05) is 19.7 Å². The van der Waals surface area contributed by atoms with Crippen molar-refractivity contribution in [3.63, 3.8) is 0 Å². The number of sulfonamides is 1. The molecule has 2 aromatic rings. The average Bonchev–Trinajstić information content (AvgIpc) is 2.61. The summed E-state index contributed by atoms with van der Waals surface area (Å²) in [7, 11) is -3.82. The Hall–Kier alpha value is -1.83. The first-order chi connectivity index (χ1) is 11.9. The summed E-state index contributed by atoms with van der Waals surface area (Å²) in [4.78, 5) is -0.0575. The lowest BCUT2D eigenvalue weighted by Crippen LogP contribution is -2.43. The fourth-order valence-electron chi connectivity index (χ4n) is 2.56. The van der Waals surface area contributed by atoms with Crippen LogP contribution in [0.25, 0.3) is 0 Å². The zero-order valence-electron chi connectivity index (χ0n) is 13.5. The van der Waals surface area contributed by atoms with Crippen molar-refractivity contribution in [1.29, 1.82) is 0 Å². The lowest BCUT2D eigenvalue weighted by atomic mass is 10.2. The van der Waals surface area contributed by atoms with Crippen molar-refractivity contribution in [2.45, 2.75) is 17.9 Å². The van der Waals surface area contributed by atoms with Gasteiger partial charge < -0.3 is 9.47 Å². The lowest BCUT2D eigenvalue weighted by molar-refractivity contribution is 0.0771. The molecule has 0 saturated heterocycles. The monoisotopic (exact) mass is 385 g/mol. The number of rotatable bonds is 5. The second kappa shape index (κ2) is 7.19. The van der Waals surface area contributed by atoms with Crippen molar-refractivity contribution < 1.29 is 22.3 Å². The molecule has 1 aliphatic heterocycles. The molecule has 5 nitrogen and oxygen atoms in total.